The van der Waals surface area contributed by atoms with Gasteiger partial charge in [-0.05, 0) is 80.0 Å². The molecule has 15 nitrogen and oxygen atoms in total. The molecule has 2 aliphatic carbocycles. The van der Waals surface area contributed by atoms with Crippen LogP contribution in [0.3, 0.4) is 0 Å². The van der Waals surface area contributed by atoms with Gasteiger partial charge in [0.2, 0.25) is 10.0 Å². The summed E-state index contributed by atoms with van der Waals surface area (Å²) >= 11 is 6.62. The van der Waals surface area contributed by atoms with Crippen LogP contribution in [0.4, 0.5) is 4.79 Å². The molecule has 1 aromatic heterocycles. The van der Waals surface area contributed by atoms with Crippen molar-refractivity contribution in [1.82, 2.24) is 19.9 Å². The number of halogens is 1. The van der Waals surface area contributed by atoms with Crippen LogP contribution in [0, 0.1) is 0 Å². The summed E-state index contributed by atoms with van der Waals surface area (Å²) < 4.78 is 47.3. The zero-order valence-electron chi connectivity index (χ0n) is 31.4. The van der Waals surface area contributed by atoms with Crippen LogP contribution in [0.25, 0.3) is 11.1 Å². The summed E-state index contributed by atoms with van der Waals surface area (Å²) in [5.41, 5.74) is 2.82. The molecule has 2 aromatic carbocycles. The molecule has 7 N–H and O–H groups in total. The Kier molecular flexibility index (Phi) is 15.9. The quantitative estimate of drug-likeness (QED) is 0.0649. The van der Waals surface area contributed by atoms with Gasteiger partial charge in [0.05, 0.1) is 49.1 Å². The maximum Gasteiger partial charge on any atom is 0.315 e. The van der Waals surface area contributed by atoms with E-state index < -0.39 is 59.2 Å². The van der Waals surface area contributed by atoms with Crippen LogP contribution in [0.1, 0.15) is 56.1 Å². The molecule has 0 radical (unpaired) electrons. The number of hydrogen-bond acceptors (Lipinski definition) is 12. The van der Waals surface area contributed by atoms with E-state index in [1.165, 1.54) is 17.5 Å². The van der Waals surface area contributed by atoms with Crippen molar-refractivity contribution >= 4 is 27.7 Å². The van der Waals surface area contributed by atoms with Gasteiger partial charge >= 0.3 is 6.03 Å². The molecule has 56 heavy (non-hydrogen) atoms. The van der Waals surface area contributed by atoms with Crippen LogP contribution in [0.15, 0.2) is 65.8 Å². The Bertz CT molecular complexity index is 1850. The average molecular weight is 821 g/mol. The van der Waals surface area contributed by atoms with Gasteiger partial charge in [0, 0.05) is 55.3 Å². The first-order valence-corrected chi connectivity index (χ1v) is 20.7. The average Bonchev–Trinajstić information content (AvgIpc) is 4.16. The van der Waals surface area contributed by atoms with E-state index in [1.807, 2.05) is 36.5 Å². The van der Waals surface area contributed by atoms with Gasteiger partial charge in [0.1, 0.15) is 24.1 Å². The van der Waals surface area contributed by atoms with E-state index >= 15 is 0 Å². The summed E-state index contributed by atoms with van der Waals surface area (Å²) in [6, 6.07) is 12.5. The van der Waals surface area contributed by atoms with Crippen molar-refractivity contribution in [2.24, 2.45) is 0 Å². The van der Waals surface area contributed by atoms with Gasteiger partial charge in [-0.25, -0.2) is 13.2 Å². The Morgan fingerprint density at radius 1 is 1.00 bits per heavy atom. The molecule has 2 saturated carbocycles. The fraction of sp³-hybridized carbons (Fsp3) is 0.538. The zero-order valence-corrected chi connectivity index (χ0v) is 33.0. The van der Waals surface area contributed by atoms with Gasteiger partial charge < -0.3 is 50.4 Å². The maximum atomic E-state index is 14.0. The normalized spacial score (nSPS) is 17.2. The maximum absolute atomic E-state index is 14.0. The van der Waals surface area contributed by atoms with E-state index in [0.717, 1.165) is 48.1 Å². The molecule has 2 aliphatic rings. The molecule has 4 atom stereocenters. The number of aliphatic hydroxyl groups excluding tert-OH is 5. The van der Waals surface area contributed by atoms with Crippen molar-refractivity contribution in [3.63, 3.8) is 0 Å². The highest BCUT2D eigenvalue weighted by atomic mass is 35.5. The van der Waals surface area contributed by atoms with Crippen molar-refractivity contribution in [2.75, 3.05) is 46.6 Å². The van der Waals surface area contributed by atoms with Crippen LogP contribution in [-0.2, 0) is 31.7 Å². The Hall–Kier alpha value is -3.42. The van der Waals surface area contributed by atoms with Gasteiger partial charge in [-0.3, -0.25) is 4.98 Å². The highest BCUT2D eigenvalue weighted by Gasteiger charge is 2.48. The van der Waals surface area contributed by atoms with E-state index in [1.54, 1.807) is 18.3 Å². The lowest BCUT2D eigenvalue weighted by atomic mass is 9.96. The van der Waals surface area contributed by atoms with Crippen molar-refractivity contribution in [1.29, 1.82) is 0 Å². The summed E-state index contributed by atoms with van der Waals surface area (Å²) in [6.45, 7) is -0.767. The second-order valence-corrected chi connectivity index (χ2v) is 16.5. The highest BCUT2D eigenvalue weighted by Crippen LogP contribution is 2.53. The summed E-state index contributed by atoms with van der Waals surface area (Å²) in [5, 5.41) is 53.3. The Balaban J connectivity index is 1.17. The minimum Gasteiger partial charge on any atom is -0.490 e. The third-order valence-corrected chi connectivity index (χ3v) is 12.2. The molecule has 3 aromatic rings. The van der Waals surface area contributed by atoms with E-state index in [4.69, 9.17) is 30.9 Å². The second kappa shape index (κ2) is 20.3. The fourth-order valence-electron chi connectivity index (χ4n) is 6.31. The van der Waals surface area contributed by atoms with Gasteiger partial charge in [-0.2, -0.15) is 4.31 Å². The number of unbranched alkanes of at least 4 members (excludes halogenated alkanes) is 2. The third-order valence-electron chi connectivity index (χ3n) is 9.94. The molecule has 1 heterocycles. The minimum absolute atomic E-state index is 0.0743. The number of urea groups is 1. The number of rotatable bonds is 24. The lowest BCUT2D eigenvalue weighted by Crippen LogP contribution is -2.56. The first kappa shape index (κ1) is 43.7. The number of nitrogens with zero attached hydrogens (tertiary/aromatic N) is 2. The number of sulfonamides is 1. The lowest BCUT2D eigenvalue weighted by molar-refractivity contribution is -0.0902. The van der Waals surface area contributed by atoms with Crippen molar-refractivity contribution in [2.45, 2.75) is 92.5 Å². The monoisotopic (exact) mass is 820 g/mol. The number of nitrogens with one attached hydrogen (secondary N) is 2. The standard InChI is InChI=1S/C39H53ClN4O11S/c1-53-20-19-44(18-6-2-5-16-42-38(50)43-33(23-45)36(48)37(49)34(47)24-46)56(51,52)28-11-12-32(40)26(21-28)25-54-39(14-15-39)31-22-41-17-13-29(31)30-7-3-4-8-35(30)55-27-9-10-27/h3-4,7-8,11-13,17,21-22,27,33-34,36-37,45-49H,2,5-6,9-10,14-16,18-20,23-25H2,1H3,(H2,42,43,50). The largest absolute Gasteiger partial charge is 0.490 e. The number of pyridine rings is 1. The smallest absolute Gasteiger partial charge is 0.315 e. The predicted molar refractivity (Wildman–Crippen MR) is 207 cm³/mol. The molecule has 0 spiro atoms. The third kappa shape index (κ3) is 11.4. The molecule has 17 heteroatoms. The van der Waals surface area contributed by atoms with Crippen molar-refractivity contribution in [3.8, 4) is 16.9 Å². The van der Waals surface area contributed by atoms with Gasteiger partial charge in [0.15, 0.2) is 0 Å². The number of aromatic nitrogens is 1. The molecule has 0 saturated heterocycles. The van der Waals surface area contributed by atoms with E-state index in [-0.39, 0.29) is 43.8 Å². The lowest BCUT2D eigenvalue weighted by Gasteiger charge is -2.28. The van der Waals surface area contributed by atoms with Gasteiger partial charge in [-0.15, -0.1) is 0 Å². The van der Waals surface area contributed by atoms with Crippen molar-refractivity contribution < 1.29 is 53.0 Å². The number of para-hydroxylation sites is 1. The fourth-order valence-corrected chi connectivity index (χ4v) is 8.00. The molecule has 4 unspecified atom stereocenters. The molecule has 2 fully saturated rings. The first-order chi connectivity index (χ1) is 26.9. The minimum atomic E-state index is -3.97. The summed E-state index contributed by atoms with van der Waals surface area (Å²) in [6.07, 6.45) is 3.80. The van der Waals surface area contributed by atoms with Gasteiger partial charge in [0.25, 0.3) is 0 Å². The van der Waals surface area contributed by atoms with E-state index in [9.17, 15) is 33.6 Å². The number of ether oxygens (including phenoxy) is 3. The molecular weight excluding hydrogens is 768 g/mol. The molecule has 0 aliphatic heterocycles. The molecule has 0 bridgehead atoms. The van der Waals surface area contributed by atoms with Crippen LogP contribution in [0.5, 0.6) is 5.75 Å². The summed E-state index contributed by atoms with van der Waals surface area (Å²) in [5.74, 6) is 0.821. The van der Waals surface area contributed by atoms with E-state index in [2.05, 4.69) is 15.6 Å². The summed E-state index contributed by atoms with van der Waals surface area (Å²) in [4.78, 5) is 16.8. The zero-order chi connectivity index (χ0) is 40.3. The number of carbonyl (C=O) groups is 1. The van der Waals surface area contributed by atoms with Crippen LogP contribution in [-0.4, -0.2) is 126 Å². The number of aliphatic hydroxyl groups is 5. The molecular formula is C39H53ClN4O11S. The van der Waals surface area contributed by atoms with Crippen LogP contribution >= 0.6 is 11.6 Å². The first-order valence-electron chi connectivity index (χ1n) is 18.9. The Morgan fingerprint density at radius 2 is 1.77 bits per heavy atom. The highest BCUT2D eigenvalue weighted by molar-refractivity contribution is 7.89. The number of benzene rings is 2. The Labute approximate surface area is 332 Å². The number of hydrogen-bond donors (Lipinski definition) is 7. The predicted octanol–water partition coefficient (Wildman–Crippen LogP) is 2.69. The second-order valence-electron chi connectivity index (χ2n) is 14.1. The van der Waals surface area contributed by atoms with Crippen molar-refractivity contribution in [3.05, 3.63) is 77.1 Å². The number of carbonyl (C=O) groups excluding carboxylic acids is 1. The van der Waals surface area contributed by atoms with E-state index in [0.29, 0.717) is 29.8 Å². The molecule has 5 rings (SSSR count). The molecule has 308 valence electrons. The topological polar surface area (TPSA) is 220 Å². The van der Waals surface area contributed by atoms with Crippen LogP contribution < -0.4 is 15.4 Å². The number of amides is 2. The molecule has 2 amide bonds. The van der Waals surface area contributed by atoms with Crippen LogP contribution in [0.2, 0.25) is 5.02 Å². The number of methoxy groups -OCH3 is 1. The Morgan fingerprint density at radius 3 is 2.46 bits per heavy atom. The SMILES string of the molecule is COCCN(CCCCCNC(=O)NC(CO)C(O)C(O)C(O)CO)S(=O)(=O)c1ccc(Cl)c(COC2(c3cnccc3-c3ccccc3OC3CC3)CC2)c1. The summed E-state index contributed by atoms with van der Waals surface area (Å²) in [7, 11) is -2.47. The van der Waals surface area contributed by atoms with Gasteiger partial charge in [-0.1, -0.05) is 36.2 Å².